The topological polar surface area (TPSA) is 47.8 Å². The first-order valence-electron chi connectivity index (χ1n) is 6.10. The van der Waals surface area contributed by atoms with Crippen LogP contribution in [-0.2, 0) is 12.7 Å². The lowest BCUT2D eigenvalue weighted by molar-refractivity contribution is -0.141. The van der Waals surface area contributed by atoms with Crippen LogP contribution in [0.25, 0.3) is 11.3 Å². The van der Waals surface area contributed by atoms with Crippen molar-refractivity contribution in [1.29, 1.82) is 0 Å². The van der Waals surface area contributed by atoms with Gasteiger partial charge >= 0.3 is 6.18 Å². The molecule has 1 aliphatic rings. The molecule has 0 N–H and O–H groups in total. The molecule has 2 aromatic rings. The number of fused-ring (bicyclic) bond motifs is 1. The van der Waals surface area contributed by atoms with E-state index in [0.717, 1.165) is 12.3 Å². The molecule has 0 saturated carbocycles. The van der Waals surface area contributed by atoms with Gasteiger partial charge in [-0.25, -0.2) is 0 Å². The molecule has 104 valence electrons. The maximum absolute atomic E-state index is 12.6. The highest BCUT2D eigenvalue weighted by Gasteiger charge is 2.32. The minimum Gasteiger partial charge on any atom is -0.292 e. The summed E-state index contributed by atoms with van der Waals surface area (Å²) in [6.45, 7) is 0.609. The van der Waals surface area contributed by atoms with Gasteiger partial charge in [0.2, 0.25) is 0 Å². The first kappa shape index (κ1) is 12.8. The first-order valence-corrected chi connectivity index (χ1v) is 6.10. The summed E-state index contributed by atoms with van der Waals surface area (Å²) >= 11 is 0. The Balaban J connectivity index is 2.04. The molecule has 0 aromatic carbocycles. The standard InChI is InChI=1S/C13H10F3N3O/c14-13(15,16)12-6-8(3-4-17-12)9-7-10-11(20)2-1-5-19(10)18-9/h3-4,6-7H,1-2,5H2. The summed E-state index contributed by atoms with van der Waals surface area (Å²) in [7, 11) is 0. The number of halogens is 3. The Hall–Kier alpha value is -2.18. The number of carbonyl (C=O) groups is 1. The molecular weight excluding hydrogens is 271 g/mol. The lowest BCUT2D eigenvalue weighted by Gasteiger charge is -2.10. The molecule has 0 atom stereocenters. The summed E-state index contributed by atoms with van der Waals surface area (Å²) in [6.07, 6.45) is -2.24. The number of alkyl halides is 3. The Morgan fingerprint density at radius 3 is 2.75 bits per heavy atom. The summed E-state index contributed by atoms with van der Waals surface area (Å²) in [4.78, 5) is 15.0. The summed E-state index contributed by atoms with van der Waals surface area (Å²) in [5, 5.41) is 4.20. The zero-order chi connectivity index (χ0) is 14.3. The third kappa shape index (κ3) is 2.19. The summed E-state index contributed by atoms with van der Waals surface area (Å²) in [5.74, 6) is -0.0277. The van der Waals surface area contributed by atoms with Gasteiger partial charge < -0.3 is 0 Å². The van der Waals surface area contributed by atoms with Crippen LogP contribution < -0.4 is 0 Å². The molecule has 0 amide bonds. The highest BCUT2D eigenvalue weighted by molar-refractivity contribution is 5.96. The number of Topliss-reactive ketones (excluding diaryl/α,β-unsaturated/α-hetero) is 1. The minimum atomic E-state index is -4.49. The highest BCUT2D eigenvalue weighted by atomic mass is 19.4. The quantitative estimate of drug-likeness (QED) is 0.807. The molecule has 2 aromatic heterocycles. The molecule has 0 fully saturated rings. The number of aryl methyl sites for hydroxylation is 1. The lowest BCUT2D eigenvalue weighted by Crippen LogP contribution is -2.16. The molecule has 0 aliphatic carbocycles. The molecule has 20 heavy (non-hydrogen) atoms. The molecule has 0 radical (unpaired) electrons. The number of hydrogen-bond acceptors (Lipinski definition) is 3. The van der Waals surface area contributed by atoms with Crippen molar-refractivity contribution in [2.45, 2.75) is 25.6 Å². The molecule has 0 bridgehead atoms. The van der Waals surface area contributed by atoms with Crippen LogP contribution in [0.4, 0.5) is 13.2 Å². The molecular formula is C13H10F3N3O. The first-order chi connectivity index (χ1) is 9.45. The van der Waals surface area contributed by atoms with Gasteiger partial charge in [-0.1, -0.05) is 0 Å². The van der Waals surface area contributed by atoms with Gasteiger partial charge in [0.05, 0.1) is 5.69 Å². The monoisotopic (exact) mass is 281 g/mol. The minimum absolute atomic E-state index is 0.0277. The number of nitrogens with zero attached hydrogens (tertiary/aromatic N) is 3. The Kier molecular flexibility index (Phi) is 2.84. The van der Waals surface area contributed by atoms with Gasteiger partial charge in [0.15, 0.2) is 5.78 Å². The van der Waals surface area contributed by atoms with Gasteiger partial charge in [0.1, 0.15) is 11.4 Å². The number of rotatable bonds is 1. The van der Waals surface area contributed by atoms with Crippen molar-refractivity contribution in [1.82, 2.24) is 14.8 Å². The van der Waals surface area contributed by atoms with Crippen molar-refractivity contribution < 1.29 is 18.0 Å². The Bertz CT molecular complexity index is 676. The van der Waals surface area contributed by atoms with Crippen LogP contribution in [0.5, 0.6) is 0 Å². The van der Waals surface area contributed by atoms with Gasteiger partial charge in [-0.15, -0.1) is 0 Å². The Labute approximate surface area is 112 Å². The average Bonchev–Trinajstić information content (AvgIpc) is 2.83. The number of pyridine rings is 1. The van der Waals surface area contributed by atoms with Gasteiger partial charge in [-0.05, 0) is 24.6 Å². The van der Waals surface area contributed by atoms with E-state index in [9.17, 15) is 18.0 Å². The van der Waals surface area contributed by atoms with Crippen molar-refractivity contribution in [3.05, 3.63) is 35.8 Å². The molecule has 7 heteroatoms. The molecule has 0 saturated heterocycles. The van der Waals surface area contributed by atoms with Crippen molar-refractivity contribution in [3.8, 4) is 11.3 Å². The van der Waals surface area contributed by atoms with E-state index in [0.29, 0.717) is 36.3 Å². The van der Waals surface area contributed by atoms with Crippen LogP contribution in [0.15, 0.2) is 24.4 Å². The number of carbonyl (C=O) groups excluding carboxylic acids is 1. The van der Waals surface area contributed by atoms with Crippen molar-refractivity contribution in [2.24, 2.45) is 0 Å². The zero-order valence-corrected chi connectivity index (χ0v) is 10.3. The van der Waals surface area contributed by atoms with Crippen LogP contribution >= 0.6 is 0 Å². The highest BCUT2D eigenvalue weighted by Crippen LogP contribution is 2.30. The molecule has 3 heterocycles. The van der Waals surface area contributed by atoms with Crippen LogP contribution in [-0.4, -0.2) is 20.5 Å². The number of hydrogen-bond donors (Lipinski definition) is 0. The number of aromatic nitrogens is 3. The zero-order valence-electron chi connectivity index (χ0n) is 10.3. The predicted molar refractivity (Wildman–Crippen MR) is 64.0 cm³/mol. The second-order valence-corrected chi connectivity index (χ2v) is 4.59. The van der Waals surface area contributed by atoms with E-state index in [-0.39, 0.29) is 5.78 Å². The van der Waals surface area contributed by atoms with E-state index in [4.69, 9.17) is 0 Å². The average molecular weight is 281 g/mol. The van der Waals surface area contributed by atoms with Crippen LogP contribution in [0.1, 0.15) is 29.0 Å². The molecule has 0 spiro atoms. The molecule has 4 nitrogen and oxygen atoms in total. The molecule has 3 rings (SSSR count). The smallest absolute Gasteiger partial charge is 0.292 e. The van der Waals surface area contributed by atoms with Crippen molar-refractivity contribution in [2.75, 3.05) is 0 Å². The second-order valence-electron chi connectivity index (χ2n) is 4.59. The van der Waals surface area contributed by atoms with Gasteiger partial charge in [0, 0.05) is 24.7 Å². The van der Waals surface area contributed by atoms with Crippen molar-refractivity contribution >= 4 is 5.78 Å². The van der Waals surface area contributed by atoms with E-state index >= 15 is 0 Å². The van der Waals surface area contributed by atoms with E-state index in [2.05, 4.69) is 10.1 Å². The summed E-state index contributed by atoms with van der Waals surface area (Å²) in [5.41, 5.74) is 0.161. The van der Waals surface area contributed by atoms with E-state index < -0.39 is 11.9 Å². The van der Waals surface area contributed by atoms with E-state index in [1.165, 1.54) is 12.1 Å². The fourth-order valence-electron chi connectivity index (χ4n) is 2.22. The number of ketones is 1. The third-order valence-corrected chi connectivity index (χ3v) is 3.19. The lowest BCUT2D eigenvalue weighted by atomic mass is 10.1. The Morgan fingerprint density at radius 1 is 1.25 bits per heavy atom. The molecule has 1 aliphatic heterocycles. The van der Waals surface area contributed by atoms with Crippen molar-refractivity contribution in [3.63, 3.8) is 0 Å². The maximum Gasteiger partial charge on any atom is 0.433 e. The maximum atomic E-state index is 12.6. The largest absolute Gasteiger partial charge is 0.433 e. The van der Waals surface area contributed by atoms with Gasteiger partial charge in [-0.3, -0.25) is 14.5 Å². The fourth-order valence-corrected chi connectivity index (χ4v) is 2.22. The SMILES string of the molecule is O=C1CCCn2nc(-c3ccnc(C(F)(F)F)c3)cc21. The van der Waals surface area contributed by atoms with Crippen LogP contribution in [0.3, 0.4) is 0 Å². The summed E-state index contributed by atoms with van der Waals surface area (Å²) in [6, 6.07) is 3.93. The van der Waals surface area contributed by atoms with E-state index in [1.54, 1.807) is 4.68 Å². The normalized spacial score (nSPS) is 15.2. The third-order valence-electron chi connectivity index (χ3n) is 3.19. The molecule has 0 unspecified atom stereocenters. The van der Waals surface area contributed by atoms with Crippen LogP contribution in [0, 0.1) is 0 Å². The van der Waals surface area contributed by atoms with Gasteiger partial charge in [-0.2, -0.15) is 18.3 Å². The van der Waals surface area contributed by atoms with E-state index in [1.807, 2.05) is 0 Å². The Morgan fingerprint density at radius 2 is 2.05 bits per heavy atom. The second kappa shape index (κ2) is 4.43. The predicted octanol–water partition coefficient (Wildman–Crippen LogP) is 2.94. The fraction of sp³-hybridized carbons (Fsp3) is 0.308. The summed E-state index contributed by atoms with van der Waals surface area (Å²) < 4.78 is 39.4. The van der Waals surface area contributed by atoms with Crippen LogP contribution in [0.2, 0.25) is 0 Å². The van der Waals surface area contributed by atoms with Gasteiger partial charge in [0.25, 0.3) is 0 Å².